The minimum atomic E-state index is 0. The summed E-state index contributed by atoms with van der Waals surface area (Å²) < 4.78 is 0. The number of benzene rings is 2. The molecule has 0 radical (unpaired) electrons. The van der Waals surface area contributed by atoms with Crippen LogP contribution in [-0.4, -0.2) is 0 Å². The van der Waals surface area contributed by atoms with Gasteiger partial charge in [0.1, 0.15) is 0 Å². The minimum absolute atomic E-state index is 0. The van der Waals surface area contributed by atoms with Crippen LogP contribution in [0.1, 0.15) is 22.3 Å². The summed E-state index contributed by atoms with van der Waals surface area (Å²) in [7, 11) is 0. The second-order valence-corrected chi connectivity index (χ2v) is 3.80. The average Bonchev–Trinajstić information content (AvgIpc) is 2.30. The third-order valence-electron chi connectivity index (χ3n) is 2.88. The molecule has 1 aliphatic carbocycles. The van der Waals surface area contributed by atoms with Gasteiger partial charge in [-0.3, -0.25) is 0 Å². The first-order valence-electron chi connectivity index (χ1n) is 5.09. The smallest absolute Gasteiger partial charge is 0.125 e. The Morgan fingerprint density at radius 1 is 0.750 bits per heavy atom. The molecule has 0 heterocycles. The molecule has 0 N–H and O–H groups in total. The molecule has 0 atom stereocenters. The first-order valence-corrected chi connectivity index (χ1v) is 5.09. The summed E-state index contributed by atoms with van der Waals surface area (Å²) in [5.41, 5.74) is 6.15. The third kappa shape index (κ3) is 1.61. The summed E-state index contributed by atoms with van der Waals surface area (Å²) in [6, 6.07) is 16.8. The van der Waals surface area contributed by atoms with Gasteiger partial charge in [0.05, 0.1) is 0 Å². The molecule has 0 bridgehead atoms. The first kappa shape index (κ1) is 11.1. The third-order valence-corrected chi connectivity index (χ3v) is 2.88. The maximum Gasteiger partial charge on any atom is 1.00 e. The van der Waals surface area contributed by atoms with Crippen molar-refractivity contribution in [2.45, 2.75) is 0 Å². The summed E-state index contributed by atoms with van der Waals surface area (Å²) >= 11 is 0. The molecular formula is C15H11Li. The van der Waals surface area contributed by atoms with Crippen LogP contribution in [0.5, 0.6) is 0 Å². The van der Waals surface area contributed by atoms with Crippen LogP contribution in [0.15, 0.2) is 55.1 Å². The maximum absolute atomic E-state index is 4.18. The van der Waals surface area contributed by atoms with E-state index in [2.05, 4.69) is 61.5 Å². The molecule has 2 aromatic carbocycles. The zero-order chi connectivity index (χ0) is 10.3. The Hall–Kier alpha value is -1.35. The SMILES string of the molecule is C=C1c2ccccc2[CH-]c2ccccc21.[Li+]. The second-order valence-electron chi connectivity index (χ2n) is 3.80. The minimum Gasteiger partial charge on any atom is -0.125 e. The molecule has 0 nitrogen and oxygen atoms in total. The van der Waals surface area contributed by atoms with Crippen LogP contribution in [-0.2, 0) is 0 Å². The maximum atomic E-state index is 4.18. The van der Waals surface area contributed by atoms with Crippen molar-refractivity contribution in [3.8, 4) is 0 Å². The molecule has 0 saturated heterocycles. The monoisotopic (exact) mass is 198 g/mol. The van der Waals surface area contributed by atoms with Crippen molar-refractivity contribution in [1.82, 2.24) is 0 Å². The number of fused-ring (bicyclic) bond motifs is 2. The number of rotatable bonds is 0. The van der Waals surface area contributed by atoms with Crippen LogP contribution >= 0.6 is 0 Å². The van der Waals surface area contributed by atoms with Gasteiger partial charge in [-0.15, -0.1) is 36.3 Å². The van der Waals surface area contributed by atoms with E-state index in [0.29, 0.717) is 0 Å². The molecule has 0 fully saturated rings. The number of hydrogen-bond acceptors (Lipinski definition) is 0. The van der Waals surface area contributed by atoms with Gasteiger partial charge in [0.15, 0.2) is 0 Å². The second kappa shape index (κ2) is 4.26. The van der Waals surface area contributed by atoms with Gasteiger partial charge in [-0.05, 0) is 0 Å². The quantitative estimate of drug-likeness (QED) is 0.368. The van der Waals surface area contributed by atoms with Crippen LogP contribution < -0.4 is 18.9 Å². The topological polar surface area (TPSA) is 0 Å². The molecule has 2 aromatic rings. The largest absolute Gasteiger partial charge is 1.00 e. The van der Waals surface area contributed by atoms with Crippen LogP contribution in [0.3, 0.4) is 0 Å². The van der Waals surface area contributed by atoms with E-state index in [4.69, 9.17) is 0 Å². The molecule has 0 aromatic heterocycles. The Morgan fingerprint density at radius 2 is 1.19 bits per heavy atom. The van der Waals surface area contributed by atoms with E-state index in [1.165, 1.54) is 22.3 Å². The molecule has 0 amide bonds. The van der Waals surface area contributed by atoms with E-state index in [-0.39, 0.29) is 18.9 Å². The summed E-state index contributed by atoms with van der Waals surface area (Å²) in [5, 5.41) is 0. The van der Waals surface area contributed by atoms with Crippen LogP contribution in [0.4, 0.5) is 0 Å². The van der Waals surface area contributed by atoms with Gasteiger partial charge < -0.3 is 0 Å². The Kier molecular flexibility index (Phi) is 2.96. The van der Waals surface area contributed by atoms with Gasteiger partial charge >= 0.3 is 18.9 Å². The molecule has 0 spiro atoms. The molecule has 0 aliphatic heterocycles. The molecule has 16 heavy (non-hydrogen) atoms. The van der Waals surface area contributed by atoms with E-state index >= 15 is 0 Å². The molecular weight excluding hydrogens is 187 g/mol. The fraction of sp³-hybridized carbons (Fsp3) is 0. The molecule has 72 valence electrons. The Labute approximate surface area is 108 Å². The van der Waals surface area contributed by atoms with Crippen molar-refractivity contribution in [2.24, 2.45) is 0 Å². The predicted octanol–water partition coefficient (Wildman–Crippen LogP) is 0.666. The standard InChI is InChI=1S/C15H11.Li/c1-11-14-8-4-2-6-12(14)10-13-7-3-5-9-15(11)13;/h2-10H,1H2;/q-1;+1. The van der Waals surface area contributed by atoms with Gasteiger partial charge in [0.2, 0.25) is 0 Å². The summed E-state index contributed by atoms with van der Waals surface area (Å²) in [5.74, 6) is 0. The Morgan fingerprint density at radius 3 is 1.69 bits per heavy atom. The fourth-order valence-corrected chi connectivity index (χ4v) is 2.11. The van der Waals surface area contributed by atoms with Crippen molar-refractivity contribution in [2.75, 3.05) is 0 Å². The molecule has 3 rings (SSSR count). The van der Waals surface area contributed by atoms with E-state index in [1.807, 2.05) is 0 Å². The first-order chi connectivity index (χ1) is 7.36. The van der Waals surface area contributed by atoms with Gasteiger partial charge in [0.25, 0.3) is 0 Å². The van der Waals surface area contributed by atoms with E-state index < -0.39 is 0 Å². The summed E-state index contributed by atoms with van der Waals surface area (Å²) in [6.45, 7) is 4.18. The normalized spacial score (nSPS) is 11.9. The molecule has 1 heteroatoms. The molecule has 1 aliphatic rings. The fourth-order valence-electron chi connectivity index (χ4n) is 2.11. The summed E-state index contributed by atoms with van der Waals surface area (Å²) in [4.78, 5) is 0. The van der Waals surface area contributed by atoms with Crippen LogP contribution in [0.25, 0.3) is 5.57 Å². The number of hydrogen-bond donors (Lipinski definition) is 0. The van der Waals surface area contributed by atoms with Gasteiger partial charge in [-0.1, -0.05) is 53.1 Å². The Balaban J connectivity index is 0.000000963. The summed E-state index contributed by atoms with van der Waals surface area (Å²) in [6.07, 6.45) is 2.22. The van der Waals surface area contributed by atoms with Gasteiger partial charge in [-0.2, -0.15) is 0 Å². The van der Waals surface area contributed by atoms with Crippen molar-refractivity contribution in [1.29, 1.82) is 0 Å². The van der Waals surface area contributed by atoms with E-state index in [0.717, 1.165) is 5.57 Å². The zero-order valence-electron chi connectivity index (χ0n) is 9.40. The van der Waals surface area contributed by atoms with Crippen molar-refractivity contribution in [3.63, 3.8) is 0 Å². The van der Waals surface area contributed by atoms with Crippen molar-refractivity contribution >= 4 is 5.57 Å². The average molecular weight is 198 g/mol. The molecule has 0 saturated carbocycles. The van der Waals surface area contributed by atoms with Crippen molar-refractivity contribution < 1.29 is 18.9 Å². The predicted molar refractivity (Wildman–Crippen MR) is 63.5 cm³/mol. The zero-order valence-corrected chi connectivity index (χ0v) is 9.40. The van der Waals surface area contributed by atoms with E-state index in [9.17, 15) is 0 Å². The molecule has 0 unspecified atom stereocenters. The van der Waals surface area contributed by atoms with Crippen LogP contribution in [0.2, 0.25) is 0 Å². The van der Waals surface area contributed by atoms with Gasteiger partial charge in [0, 0.05) is 0 Å². The van der Waals surface area contributed by atoms with Crippen molar-refractivity contribution in [3.05, 3.63) is 83.8 Å². The Bertz CT molecular complexity index is 493. The van der Waals surface area contributed by atoms with E-state index in [1.54, 1.807) is 0 Å². The van der Waals surface area contributed by atoms with Gasteiger partial charge in [-0.25, -0.2) is 0 Å². The van der Waals surface area contributed by atoms with Crippen LogP contribution in [0, 0.1) is 6.42 Å².